The van der Waals surface area contributed by atoms with Crippen LogP contribution in [0, 0.1) is 23.3 Å². The van der Waals surface area contributed by atoms with Crippen molar-refractivity contribution in [3.8, 4) is 0 Å². The van der Waals surface area contributed by atoms with Gasteiger partial charge in [-0.3, -0.25) is 34.7 Å². The number of amides is 6. The first kappa shape index (κ1) is 15.6. The summed E-state index contributed by atoms with van der Waals surface area (Å²) in [7, 11) is 0. The summed E-state index contributed by atoms with van der Waals surface area (Å²) in [6.07, 6.45) is 0. The van der Waals surface area contributed by atoms with Crippen molar-refractivity contribution in [3.05, 3.63) is 34.4 Å². The van der Waals surface area contributed by atoms with Gasteiger partial charge < -0.3 is 0 Å². The van der Waals surface area contributed by atoms with E-state index in [1.165, 1.54) is 0 Å². The molecule has 1 aromatic rings. The maximum atomic E-state index is 13.7. The van der Waals surface area contributed by atoms with E-state index >= 15 is 0 Å². The minimum Gasteiger partial charge on any atom is -0.275 e. The Hall–Kier alpha value is -3.31. The number of benzene rings is 1. The van der Waals surface area contributed by atoms with E-state index < -0.39 is 70.1 Å². The molecule has 0 bridgehead atoms. The highest BCUT2D eigenvalue weighted by Crippen LogP contribution is 2.32. The summed E-state index contributed by atoms with van der Waals surface area (Å²) in [6.45, 7) is 0. The van der Waals surface area contributed by atoms with Gasteiger partial charge in [0.05, 0.1) is 11.1 Å². The molecule has 0 radical (unpaired) electrons. The van der Waals surface area contributed by atoms with Crippen molar-refractivity contribution in [1.82, 2.24) is 15.5 Å². The van der Waals surface area contributed by atoms with Gasteiger partial charge in [-0.1, -0.05) is 0 Å². The highest BCUT2D eigenvalue weighted by Gasteiger charge is 2.52. The zero-order valence-corrected chi connectivity index (χ0v) is 11.1. The van der Waals surface area contributed by atoms with Crippen LogP contribution in [0.2, 0.25) is 0 Å². The molecule has 6 amide bonds. The van der Waals surface area contributed by atoms with Crippen molar-refractivity contribution >= 4 is 29.7 Å². The normalized spacial score (nSPS) is 18.0. The highest BCUT2D eigenvalue weighted by atomic mass is 19.2. The van der Waals surface area contributed by atoms with E-state index in [9.17, 15) is 41.5 Å². The summed E-state index contributed by atoms with van der Waals surface area (Å²) in [5.41, 5.74) is -2.90. The topological polar surface area (TPSA) is 113 Å². The maximum Gasteiger partial charge on any atom is 0.328 e. The summed E-state index contributed by atoms with van der Waals surface area (Å²) in [6, 6.07) is -3.52. The number of nitrogens with one attached hydrogen (secondary N) is 2. The van der Waals surface area contributed by atoms with Gasteiger partial charge in [0.15, 0.2) is 29.3 Å². The predicted molar refractivity (Wildman–Crippen MR) is 62.2 cm³/mol. The Kier molecular flexibility index (Phi) is 3.14. The summed E-state index contributed by atoms with van der Waals surface area (Å²) in [5.74, 6) is -15.3. The van der Waals surface area contributed by atoms with E-state index in [-0.39, 0.29) is 4.90 Å². The molecule has 0 spiro atoms. The van der Waals surface area contributed by atoms with Crippen LogP contribution in [0.4, 0.5) is 22.4 Å². The lowest BCUT2D eigenvalue weighted by molar-refractivity contribution is -0.135. The molecular formula is C12H3F4N3O5. The highest BCUT2D eigenvalue weighted by molar-refractivity contribution is 6.28. The number of hydrogen-bond donors (Lipinski definition) is 2. The molecule has 2 heterocycles. The molecule has 1 aromatic carbocycles. The fourth-order valence-electron chi connectivity index (χ4n) is 2.35. The first-order valence-corrected chi connectivity index (χ1v) is 6.06. The van der Waals surface area contributed by atoms with Crippen molar-refractivity contribution in [1.29, 1.82) is 0 Å². The van der Waals surface area contributed by atoms with E-state index in [4.69, 9.17) is 0 Å². The molecule has 1 fully saturated rings. The third-order valence-corrected chi connectivity index (χ3v) is 3.36. The van der Waals surface area contributed by atoms with E-state index in [1.54, 1.807) is 10.6 Å². The summed E-state index contributed by atoms with van der Waals surface area (Å²) < 4.78 is 53.9. The SMILES string of the molecule is O=C1NC(=O)C(N2C(=O)c3c(F)c(F)c(F)c(F)c3C2=O)C(=O)N1. The van der Waals surface area contributed by atoms with Crippen molar-refractivity contribution in [2.75, 3.05) is 0 Å². The fourth-order valence-corrected chi connectivity index (χ4v) is 2.35. The van der Waals surface area contributed by atoms with Gasteiger partial charge in [0.25, 0.3) is 23.6 Å². The molecule has 8 nitrogen and oxygen atoms in total. The first-order chi connectivity index (χ1) is 11.2. The van der Waals surface area contributed by atoms with Gasteiger partial charge in [0.1, 0.15) is 0 Å². The number of halogens is 4. The second kappa shape index (κ2) is 4.84. The maximum absolute atomic E-state index is 13.7. The number of urea groups is 1. The minimum atomic E-state index is -2.33. The molecule has 2 aliphatic rings. The zero-order valence-electron chi connectivity index (χ0n) is 11.1. The van der Waals surface area contributed by atoms with E-state index in [2.05, 4.69) is 0 Å². The van der Waals surface area contributed by atoms with Crippen LogP contribution >= 0.6 is 0 Å². The molecule has 24 heavy (non-hydrogen) atoms. The predicted octanol–water partition coefficient (Wildman–Crippen LogP) is -0.426. The van der Waals surface area contributed by atoms with Gasteiger partial charge in [-0.15, -0.1) is 0 Å². The second-order valence-electron chi connectivity index (χ2n) is 4.70. The average molecular weight is 345 g/mol. The van der Waals surface area contributed by atoms with E-state index in [1.807, 2.05) is 0 Å². The molecule has 2 aliphatic heterocycles. The molecule has 0 saturated carbocycles. The third-order valence-electron chi connectivity index (χ3n) is 3.36. The lowest BCUT2D eigenvalue weighted by Crippen LogP contribution is -2.65. The minimum absolute atomic E-state index is 0.188. The average Bonchev–Trinajstić information content (AvgIpc) is 2.75. The Morgan fingerprint density at radius 2 is 1.04 bits per heavy atom. The molecule has 0 atom stereocenters. The fraction of sp³-hybridized carbons (Fsp3) is 0.0833. The van der Waals surface area contributed by atoms with Crippen LogP contribution in [0.25, 0.3) is 0 Å². The molecular weight excluding hydrogens is 342 g/mol. The summed E-state index contributed by atoms with van der Waals surface area (Å²) in [4.78, 5) is 58.3. The third kappa shape index (κ3) is 1.82. The monoisotopic (exact) mass is 345 g/mol. The Balaban J connectivity index is 2.17. The number of carbonyl (C=O) groups is 5. The van der Waals surface area contributed by atoms with Gasteiger partial charge in [-0.05, 0) is 0 Å². The van der Waals surface area contributed by atoms with Crippen molar-refractivity contribution in [2.45, 2.75) is 6.04 Å². The number of nitrogens with zero attached hydrogens (tertiary/aromatic N) is 1. The van der Waals surface area contributed by atoms with Crippen LogP contribution in [0.3, 0.4) is 0 Å². The molecule has 1 saturated heterocycles. The van der Waals surface area contributed by atoms with Crippen molar-refractivity contribution in [2.24, 2.45) is 0 Å². The Morgan fingerprint density at radius 3 is 1.42 bits per heavy atom. The van der Waals surface area contributed by atoms with Crippen LogP contribution in [0.5, 0.6) is 0 Å². The standard InChI is InChI=1S/C12H3F4N3O5/c13-3-1-2(4(14)6(16)5(3)15)11(23)19(10(1)22)7-8(20)17-12(24)18-9(7)21/h7H,(H2,17,18,20,21,24). The van der Waals surface area contributed by atoms with Crippen LogP contribution in [0.15, 0.2) is 0 Å². The molecule has 124 valence electrons. The number of barbiturate groups is 1. The number of rotatable bonds is 1. The van der Waals surface area contributed by atoms with Gasteiger partial charge in [-0.25, -0.2) is 22.4 Å². The second-order valence-corrected chi connectivity index (χ2v) is 4.70. The smallest absolute Gasteiger partial charge is 0.275 e. The van der Waals surface area contributed by atoms with E-state index in [0.717, 1.165) is 0 Å². The van der Waals surface area contributed by atoms with Crippen LogP contribution in [-0.4, -0.2) is 40.6 Å². The molecule has 0 unspecified atom stereocenters. The van der Waals surface area contributed by atoms with Gasteiger partial charge >= 0.3 is 6.03 Å². The van der Waals surface area contributed by atoms with Crippen molar-refractivity contribution < 1.29 is 41.5 Å². The lowest BCUT2D eigenvalue weighted by atomic mass is 10.1. The lowest BCUT2D eigenvalue weighted by Gasteiger charge is -2.26. The van der Waals surface area contributed by atoms with Crippen LogP contribution < -0.4 is 10.6 Å². The van der Waals surface area contributed by atoms with Gasteiger partial charge in [0.2, 0.25) is 0 Å². The van der Waals surface area contributed by atoms with Crippen LogP contribution in [-0.2, 0) is 9.59 Å². The molecule has 0 aliphatic carbocycles. The number of imide groups is 3. The summed E-state index contributed by atoms with van der Waals surface area (Å²) in [5, 5.41) is 3.13. The van der Waals surface area contributed by atoms with Crippen LogP contribution in [0.1, 0.15) is 20.7 Å². The number of fused-ring (bicyclic) bond motifs is 1. The van der Waals surface area contributed by atoms with Crippen molar-refractivity contribution in [3.63, 3.8) is 0 Å². The Bertz CT molecular complexity index is 817. The van der Waals surface area contributed by atoms with E-state index in [0.29, 0.717) is 0 Å². The quantitative estimate of drug-likeness (QED) is 0.236. The molecule has 3 rings (SSSR count). The molecule has 12 heteroatoms. The Labute approximate surface area is 128 Å². The van der Waals surface area contributed by atoms with Gasteiger partial charge in [0, 0.05) is 0 Å². The number of carbonyl (C=O) groups excluding carboxylic acids is 5. The molecule has 0 aromatic heterocycles. The number of hydrogen-bond acceptors (Lipinski definition) is 5. The largest absolute Gasteiger partial charge is 0.328 e. The first-order valence-electron chi connectivity index (χ1n) is 6.06. The summed E-state index contributed by atoms with van der Waals surface area (Å²) >= 11 is 0. The molecule has 2 N–H and O–H groups in total. The zero-order chi connectivity index (χ0) is 17.9. The Morgan fingerprint density at radius 1 is 0.667 bits per heavy atom. The van der Waals surface area contributed by atoms with Gasteiger partial charge in [-0.2, -0.15) is 0 Å².